The van der Waals surface area contributed by atoms with E-state index in [4.69, 9.17) is 4.84 Å². The lowest BCUT2D eigenvalue weighted by Gasteiger charge is -2.07. The Morgan fingerprint density at radius 2 is 2.27 bits per heavy atom. The molecule has 1 unspecified atom stereocenters. The molecule has 1 N–H and O–H groups in total. The Labute approximate surface area is 65.2 Å². The number of hydrogen-bond donors (Lipinski definition) is 1. The summed E-state index contributed by atoms with van der Waals surface area (Å²) >= 11 is 0. The molecule has 56 valence electrons. The minimum atomic E-state index is -1.40. The van der Waals surface area contributed by atoms with Gasteiger partial charge in [-0.05, 0) is 10.6 Å². The van der Waals surface area contributed by atoms with Gasteiger partial charge in [0, 0.05) is 5.56 Å². The first-order valence-corrected chi connectivity index (χ1v) is 4.76. The van der Waals surface area contributed by atoms with Crippen molar-refractivity contribution in [3.05, 3.63) is 29.8 Å². The molecular weight excluding hydrogens is 161 g/mol. The van der Waals surface area contributed by atoms with Crippen molar-refractivity contribution in [2.75, 3.05) is 0 Å². The van der Waals surface area contributed by atoms with Crippen molar-refractivity contribution in [2.45, 2.75) is 6.16 Å². The van der Waals surface area contributed by atoms with Crippen molar-refractivity contribution < 1.29 is 9.40 Å². The summed E-state index contributed by atoms with van der Waals surface area (Å²) in [6, 6.07) is 7.57. The first-order chi connectivity index (χ1) is 5.36. The van der Waals surface area contributed by atoms with Crippen LogP contribution in [0.4, 0.5) is 0 Å². The maximum atomic E-state index is 10.9. The van der Waals surface area contributed by atoms with Gasteiger partial charge in [0.1, 0.15) is 0 Å². The number of nitrogens with one attached hydrogen (secondary N) is 1. The highest BCUT2D eigenvalue weighted by molar-refractivity contribution is 7.41. The van der Waals surface area contributed by atoms with Gasteiger partial charge in [-0.1, -0.05) is 18.2 Å². The summed E-state index contributed by atoms with van der Waals surface area (Å²) in [7, 11) is -1.40. The molecule has 0 fully saturated rings. The van der Waals surface area contributed by atoms with E-state index in [-0.39, 0.29) is 0 Å². The molecule has 2 rings (SSSR count). The number of benzene rings is 1. The Kier molecular flexibility index (Phi) is 1.60. The van der Waals surface area contributed by atoms with Gasteiger partial charge < -0.3 is 4.84 Å². The third-order valence-electron chi connectivity index (χ3n) is 1.54. The highest BCUT2D eigenvalue weighted by Gasteiger charge is 2.25. The predicted molar refractivity (Wildman–Crippen MR) is 41.5 cm³/mol. The van der Waals surface area contributed by atoms with Crippen molar-refractivity contribution in [3.63, 3.8) is 0 Å². The summed E-state index contributed by atoms with van der Waals surface area (Å²) in [5.41, 5.74) is 1.01. The fourth-order valence-electron chi connectivity index (χ4n) is 1.02. The quantitative estimate of drug-likeness (QED) is 0.600. The van der Waals surface area contributed by atoms with Crippen molar-refractivity contribution in [1.29, 1.82) is 0 Å². The Hall–Kier alpha value is -0.920. The number of hydrogen-bond acceptors (Lipinski definition) is 2. The Morgan fingerprint density at radius 1 is 1.45 bits per heavy atom. The smallest absolute Gasteiger partial charge is 0.366 e. The highest BCUT2D eigenvalue weighted by Crippen LogP contribution is 2.32. The first kappa shape index (κ1) is 6.77. The molecular formula is C7H7NO2P+. The minimum absolute atomic E-state index is 0.561. The molecule has 0 amide bonds. The van der Waals surface area contributed by atoms with Gasteiger partial charge in [-0.3, -0.25) is 0 Å². The van der Waals surface area contributed by atoms with Crippen LogP contribution in [0.2, 0.25) is 0 Å². The number of fused-ring (bicyclic) bond motifs is 1. The van der Waals surface area contributed by atoms with Crippen molar-refractivity contribution in [2.24, 2.45) is 0 Å². The fourth-order valence-corrected chi connectivity index (χ4v) is 1.86. The second kappa shape index (κ2) is 2.61. The van der Waals surface area contributed by atoms with Crippen LogP contribution in [0.25, 0.3) is 0 Å². The van der Waals surface area contributed by atoms with Crippen molar-refractivity contribution in [1.82, 2.24) is 5.25 Å². The lowest BCUT2D eigenvalue weighted by atomic mass is 10.2. The zero-order chi connectivity index (χ0) is 7.68. The van der Waals surface area contributed by atoms with Gasteiger partial charge in [-0.15, -0.1) is 0 Å². The van der Waals surface area contributed by atoms with Crippen LogP contribution >= 0.6 is 7.95 Å². The summed E-state index contributed by atoms with van der Waals surface area (Å²) < 4.78 is 10.9. The maximum absolute atomic E-state index is 10.9. The molecule has 1 heterocycles. The van der Waals surface area contributed by atoms with E-state index in [2.05, 4.69) is 5.25 Å². The molecule has 1 atom stereocenters. The summed E-state index contributed by atoms with van der Waals surface area (Å²) in [6.45, 7) is 0. The lowest BCUT2D eigenvalue weighted by Crippen LogP contribution is -2.15. The van der Waals surface area contributed by atoms with E-state index in [9.17, 15) is 4.57 Å². The second-order valence-electron chi connectivity index (χ2n) is 2.34. The van der Waals surface area contributed by atoms with Crippen molar-refractivity contribution in [3.8, 4) is 5.75 Å². The molecule has 3 nitrogen and oxygen atoms in total. The van der Waals surface area contributed by atoms with Gasteiger partial charge >= 0.3 is 7.95 Å². The lowest BCUT2D eigenvalue weighted by molar-refractivity contribution is 0.263. The fraction of sp³-hybridized carbons (Fsp3) is 0.143. The predicted octanol–water partition coefficient (Wildman–Crippen LogP) is 1.83. The monoisotopic (exact) mass is 168 g/mol. The molecule has 0 saturated heterocycles. The van der Waals surface area contributed by atoms with Gasteiger partial charge in [-0.25, -0.2) is 0 Å². The van der Waals surface area contributed by atoms with Crippen LogP contribution in [0.1, 0.15) is 5.56 Å². The molecule has 11 heavy (non-hydrogen) atoms. The molecule has 0 aromatic heterocycles. The standard InChI is InChI=1S/C7H7NO2P/c9-11-5-6-3-1-2-4-7(6)10-8-11/h1-4H,5H2,(H,8,9)/q+1. The van der Waals surface area contributed by atoms with E-state index in [0.717, 1.165) is 11.3 Å². The average molecular weight is 168 g/mol. The summed E-state index contributed by atoms with van der Waals surface area (Å²) in [6.07, 6.45) is 0.561. The van der Waals surface area contributed by atoms with E-state index >= 15 is 0 Å². The molecule has 0 saturated carbocycles. The van der Waals surface area contributed by atoms with Crippen LogP contribution in [0.15, 0.2) is 24.3 Å². The average Bonchev–Trinajstić information content (AvgIpc) is 2.04. The highest BCUT2D eigenvalue weighted by atomic mass is 31.1. The van der Waals surface area contributed by atoms with Crippen LogP contribution < -0.4 is 10.1 Å². The van der Waals surface area contributed by atoms with E-state index in [1.807, 2.05) is 24.3 Å². The zero-order valence-electron chi connectivity index (χ0n) is 5.78. The number of para-hydroxylation sites is 1. The van der Waals surface area contributed by atoms with E-state index < -0.39 is 7.95 Å². The van der Waals surface area contributed by atoms with Crippen LogP contribution in [-0.4, -0.2) is 0 Å². The molecule has 0 spiro atoms. The molecule has 1 aliphatic heterocycles. The summed E-state index contributed by atoms with van der Waals surface area (Å²) in [5.74, 6) is 0.780. The molecule has 0 bridgehead atoms. The molecule has 1 aliphatic rings. The third-order valence-corrected chi connectivity index (χ3v) is 2.47. The van der Waals surface area contributed by atoms with Crippen LogP contribution in [0.3, 0.4) is 0 Å². The van der Waals surface area contributed by atoms with E-state index in [1.165, 1.54) is 0 Å². The van der Waals surface area contributed by atoms with Gasteiger partial charge in [0.05, 0.1) is 5.25 Å². The number of rotatable bonds is 0. The van der Waals surface area contributed by atoms with Gasteiger partial charge in [0.15, 0.2) is 11.9 Å². The van der Waals surface area contributed by atoms with Crippen LogP contribution in [0.5, 0.6) is 5.75 Å². The Morgan fingerprint density at radius 3 is 3.18 bits per heavy atom. The van der Waals surface area contributed by atoms with Gasteiger partial charge in [0.2, 0.25) is 0 Å². The molecule has 1 aromatic carbocycles. The van der Waals surface area contributed by atoms with Crippen LogP contribution in [-0.2, 0) is 10.7 Å². The SMILES string of the molecule is O=[P+]1Cc2ccccc2ON1. The third kappa shape index (κ3) is 1.25. The molecule has 4 heteroatoms. The maximum Gasteiger partial charge on any atom is 0.472 e. The Bertz CT molecular complexity index is 300. The molecule has 1 aromatic rings. The minimum Gasteiger partial charge on any atom is -0.366 e. The normalized spacial score (nSPS) is 18.7. The molecule has 0 radical (unpaired) electrons. The van der Waals surface area contributed by atoms with Gasteiger partial charge in [0.25, 0.3) is 0 Å². The van der Waals surface area contributed by atoms with E-state index in [0.29, 0.717) is 6.16 Å². The van der Waals surface area contributed by atoms with Crippen molar-refractivity contribution >= 4 is 7.95 Å². The molecule has 0 aliphatic carbocycles. The first-order valence-electron chi connectivity index (χ1n) is 3.31. The largest absolute Gasteiger partial charge is 0.472 e. The van der Waals surface area contributed by atoms with E-state index in [1.54, 1.807) is 0 Å². The topological polar surface area (TPSA) is 38.3 Å². The second-order valence-corrected chi connectivity index (χ2v) is 3.59. The summed E-state index contributed by atoms with van der Waals surface area (Å²) in [4.78, 5) is 5.00. The Balaban J connectivity index is 2.41. The van der Waals surface area contributed by atoms with Crippen LogP contribution in [0, 0.1) is 0 Å². The zero-order valence-corrected chi connectivity index (χ0v) is 6.67. The summed E-state index contributed by atoms with van der Waals surface area (Å²) in [5, 5.41) is 2.45. The van der Waals surface area contributed by atoms with Gasteiger partial charge in [-0.2, -0.15) is 0 Å².